The van der Waals surface area contributed by atoms with Crippen molar-refractivity contribution >= 4 is 11.9 Å². The Balaban J connectivity index is 1.69. The lowest BCUT2D eigenvalue weighted by molar-refractivity contribution is -0.154. The van der Waals surface area contributed by atoms with Crippen LogP contribution in [0.2, 0.25) is 0 Å². The molecule has 0 aromatic heterocycles. The third-order valence-corrected chi connectivity index (χ3v) is 4.89. The first-order chi connectivity index (χ1) is 12.0. The van der Waals surface area contributed by atoms with Crippen LogP contribution in [0.5, 0.6) is 11.5 Å². The predicted molar refractivity (Wildman–Crippen MR) is 89.1 cm³/mol. The zero-order chi connectivity index (χ0) is 18.0. The summed E-state index contributed by atoms with van der Waals surface area (Å²) in [5.74, 6) is 0.252. The Kier molecular flexibility index (Phi) is 5.13. The molecule has 1 amide bonds. The van der Waals surface area contributed by atoms with Crippen molar-refractivity contribution in [1.82, 2.24) is 4.90 Å². The van der Waals surface area contributed by atoms with Crippen LogP contribution < -0.4 is 9.47 Å². The molecule has 136 valence electrons. The first-order valence-corrected chi connectivity index (χ1v) is 8.44. The third-order valence-electron chi connectivity index (χ3n) is 4.89. The number of aliphatic carboxylic acids is 1. The first-order valence-electron chi connectivity index (χ1n) is 8.44. The molecule has 0 radical (unpaired) electrons. The van der Waals surface area contributed by atoms with Crippen LogP contribution in [-0.4, -0.2) is 61.4 Å². The maximum Gasteiger partial charge on any atom is 0.332 e. The first kappa shape index (κ1) is 17.5. The van der Waals surface area contributed by atoms with Crippen LogP contribution in [0.4, 0.5) is 0 Å². The molecule has 1 N–H and O–H groups in total. The topological polar surface area (TPSA) is 85.3 Å². The molecule has 7 nitrogen and oxygen atoms in total. The number of amides is 1. The van der Waals surface area contributed by atoms with E-state index in [-0.39, 0.29) is 5.91 Å². The quantitative estimate of drug-likeness (QED) is 0.881. The van der Waals surface area contributed by atoms with Crippen molar-refractivity contribution < 1.29 is 28.9 Å². The van der Waals surface area contributed by atoms with Gasteiger partial charge in [0.1, 0.15) is 6.10 Å². The molecule has 7 heteroatoms. The van der Waals surface area contributed by atoms with Crippen LogP contribution in [-0.2, 0) is 27.2 Å². The number of carboxylic acid groups (broad SMARTS) is 1. The highest BCUT2D eigenvalue weighted by Crippen LogP contribution is 2.32. The minimum Gasteiger partial charge on any atom is -0.493 e. The second-order valence-corrected chi connectivity index (χ2v) is 6.33. The zero-order valence-corrected chi connectivity index (χ0v) is 14.5. The molecule has 1 saturated heterocycles. The molecule has 2 heterocycles. The van der Waals surface area contributed by atoms with Crippen molar-refractivity contribution in [2.45, 2.75) is 37.9 Å². The van der Waals surface area contributed by atoms with Crippen molar-refractivity contribution in [3.05, 3.63) is 23.3 Å². The van der Waals surface area contributed by atoms with Crippen LogP contribution in [0, 0.1) is 0 Å². The van der Waals surface area contributed by atoms with E-state index in [1.807, 2.05) is 12.1 Å². The highest BCUT2D eigenvalue weighted by Gasteiger charge is 2.37. The second-order valence-electron chi connectivity index (χ2n) is 6.33. The lowest BCUT2D eigenvalue weighted by Gasteiger charge is -2.23. The molecule has 1 aromatic carbocycles. The molecule has 1 aromatic rings. The molecule has 2 atom stereocenters. The smallest absolute Gasteiger partial charge is 0.332 e. The molecule has 0 saturated carbocycles. The van der Waals surface area contributed by atoms with Crippen molar-refractivity contribution in [1.29, 1.82) is 0 Å². The number of methoxy groups -OCH3 is 2. The largest absolute Gasteiger partial charge is 0.493 e. The fraction of sp³-hybridized carbons (Fsp3) is 0.556. The number of rotatable bonds is 4. The van der Waals surface area contributed by atoms with Gasteiger partial charge >= 0.3 is 5.97 Å². The van der Waals surface area contributed by atoms with Gasteiger partial charge in [0.05, 0.1) is 14.2 Å². The molecular weight excluding hydrogens is 326 g/mol. The Morgan fingerprint density at radius 3 is 2.00 bits per heavy atom. The van der Waals surface area contributed by atoms with Gasteiger partial charge < -0.3 is 24.2 Å². The number of benzene rings is 1. The number of ether oxygens (including phenoxy) is 3. The van der Waals surface area contributed by atoms with Gasteiger partial charge in [-0.25, -0.2) is 4.79 Å². The zero-order valence-electron chi connectivity index (χ0n) is 14.5. The van der Waals surface area contributed by atoms with Crippen LogP contribution in [0.25, 0.3) is 0 Å². The summed E-state index contributed by atoms with van der Waals surface area (Å²) in [6, 6.07) is 3.93. The Bertz CT molecular complexity index is 639. The molecule has 2 aliphatic heterocycles. The van der Waals surface area contributed by atoms with E-state index >= 15 is 0 Å². The van der Waals surface area contributed by atoms with E-state index in [0.29, 0.717) is 37.4 Å². The van der Waals surface area contributed by atoms with Gasteiger partial charge in [0.25, 0.3) is 5.91 Å². The molecule has 0 unspecified atom stereocenters. The van der Waals surface area contributed by atoms with Gasteiger partial charge in [0.15, 0.2) is 17.6 Å². The summed E-state index contributed by atoms with van der Waals surface area (Å²) in [4.78, 5) is 25.4. The molecule has 0 aliphatic carbocycles. The summed E-state index contributed by atoms with van der Waals surface area (Å²) in [6.45, 7) is 1.16. The maximum absolute atomic E-state index is 12.7. The van der Waals surface area contributed by atoms with E-state index in [1.165, 1.54) is 0 Å². The van der Waals surface area contributed by atoms with Gasteiger partial charge in [-0.3, -0.25) is 4.79 Å². The van der Waals surface area contributed by atoms with Crippen molar-refractivity contribution in [2.24, 2.45) is 0 Å². The van der Waals surface area contributed by atoms with Crippen LogP contribution in [0.15, 0.2) is 12.1 Å². The van der Waals surface area contributed by atoms with Crippen molar-refractivity contribution in [3.63, 3.8) is 0 Å². The normalized spacial score (nSPS) is 22.9. The summed E-state index contributed by atoms with van der Waals surface area (Å²) < 4.78 is 16.1. The SMILES string of the molecule is COc1cc2c(cc1OC)CCN(C(=O)[C@@H]1CC[C@H](C(=O)O)O1)CC2. The molecule has 1 fully saturated rings. The Hall–Kier alpha value is -2.28. The van der Waals surface area contributed by atoms with E-state index in [4.69, 9.17) is 19.3 Å². The average molecular weight is 349 g/mol. The van der Waals surface area contributed by atoms with E-state index in [0.717, 1.165) is 24.0 Å². The molecule has 2 aliphatic rings. The van der Waals surface area contributed by atoms with Gasteiger partial charge in [-0.15, -0.1) is 0 Å². The number of carbonyl (C=O) groups excluding carboxylic acids is 1. The summed E-state index contributed by atoms with van der Waals surface area (Å²) in [7, 11) is 3.21. The van der Waals surface area contributed by atoms with Crippen LogP contribution in [0.3, 0.4) is 0 Å². The second kappa shape index (κ2) is 7.31. The standard InChI is InChI=1S/C18H23NO6/c1-23-15-9-11-5-7-19(8-6-12(11)10-16(15)24-2)17(20)13-3-4-14(25-13)18(21)22/h9-10,13-14H,3-8H2,1-2H3,(H,21,22)/t13-,14+/m0/s1. The Morgan fingerprint density at radius 2 is 1.56 bits per heavy atom. The number of carboxylic acids is 1. The fourth-order valence-electron chi connectivity index (χ4n) is 3.48. The molecule has 0 bridgehead atoms. The highest BCUT2D eigenvalue weighted by molar-refractivity contribution is 5.83. The average Bonchev–Trinajstić information content (AvgIpc) is 3.02. The summed E-state index contributed by atoms with van der Waals surface area (Å²) in [5.41, 5.74) is 2.28. The number of hydrogen-bond donors (Lipinski definition) is 1. The minimum absolute atomic E-state index is 0.115. The fourth-order valence-corrected chi connectivity index (χ4v) is 3.48. The van der Waals surface area contributed by atoms with Gasteiger partial charge in [-0.05, 0) is 48.9 Å². The van der Waals surface area contributed by atoms with Crippen molar-refractivity contribution in [3.8, 4) is 11.5 Å². The number of nitrogens with zero attached hydrogens (tertiary/aromatic N) is 1. The molecule has 0 spiro atoms. The summed E-state index contributed by atoms with van der Waals surface area (Å²) >= 11 is 0. The monoisotopic (exact) mass is 349 g/mol. The lowest BCUT2D eigenvalue weighted by atomic mass is 10.0. The van der Waals surface area contributed by atoms with Gasteiger partial charge in [-0.1, -0.05) is 0 Å². The Morgan fingerprint density at radius 1 is 1.04 bits per heavy atom. The number of fused-ring (bicyclic) bond motifs is 1. The van der Waals surface area contributed by atoms with Crippen molar-refractivity contribution in [2.75, 3.05) is 27.3 Å². The molecule has 25 heavy (non-hydrogen) atoms. The summed E-state index contributed by atoms with van der Waals surface area (Å²) in [5, 5.41) is 9.01. The van der Waals surface area contributed by atoms with E-state index in [1.54, 1.807) is 19.1 Å². The van der Waals surface area contributed by atoms with Gasteiger partial charge in [0, 0.05) is 13.1 Å². The van der Waals surface area contributed by atoms with Gasteiger partial charge in [0.2, 0.25) is 0 Å². The van der Waals surface area contributed by atoms with Crippen LogP contribution in [0.1, 0.15) is 24.0 Å². The third kappa shape index (κ3) is 3.56. The number of carbonyl (C=O) groups is 2. The minimum atomic E-state index is -1.00. The maximum atomic E-state index is 12.7. The lowest BCUT2D eigenvalue weighted by Crippen LogP contribution is -2.41. The van der Waals surface area contributed by atoms with E-state index < -0.39 is 18.2 Å². The van der Waals surface area contributed by atoms with Gasteiger partial charge in [-0.2, -0.15) is 0 Å². The number of hydrogen-bond acceptors (Lipinski definition) is 5. The van der Waals surface area contributed by atoms with Crippen LogP contribution >= 0.6 is 0 Å². The predicted octanol–water partition coefficient (Wildman–Crippen LogP) is 1.26. The van der Waals surface area contributed by atoms with E-state index in [9.17, 15) is 9.59 Å². The summed E-state index contributed by atoms with van der Waals surface area (Å²) in [6.07, 6.45) is 0.764. The highest BCUT2D eigenvalue weighted by atomic mass is 16.5. The molecule has 3 rings (SSSR count). The Labute approximate surface area is 146 Å². The molecular formula is C18H23NO6. The van der Waals surface area contributed by atoms with E-state index in [2.05, 4.69) is 0 Å².